The van der Waals surface area contributed by atoms with E-state index in [2.05, 4.69) is 77.6 Å². The topological polar surface area (TPSA) is 36.9 Å². The second-order valence-electron chi connectivity index (χ2n) is 6.38. The lowest BCUT2D eigenvalue weighted by Crippen LogP contribution is -2.13. The third-order valence-electron chi connectivity index (χ3n) is 4.50. The third-order valence-corrected chi connectivity index (χ3v) is 8.65. The largest absolute Gasteiger partial charge is 0.496 e. The number of ether oxygens (including phenoxy) is 4. The van der Waals surface area contributed by atoms with Crippen LogP contribution in [-0.4, -0.2) is 28.4 Å². The van der Waals surface area contributed by atoms with Crippen LogP contribution in [-0.2, 0) is 0 Å². The summed E-state index contributed by atoms with van der Waals surface area (Å²) in [5.74, 6) is 3.11. The predicted octanol–water partition coefficient (Wildman–Crippen LogP) is 7.56. The van der Waals surface area contributed by atoms with Crippen molar-refractivity contribution >= 4 is 63.7 Å². The summed E-state index contributed by atoms with van der Waals surface area (Å²) in [6.07, 6.45) is 0. The van der Waals surface area contributed by atoms with Gasteiger partial charge < -0.3 is 18.9 Å². The van der Waals surface area contributed by atoms with Crippen LogP contribution in [0, 0.1) is 5.92 Å². The van der Waals surface area contributed by atoms with Gasteiger partial charge in [0.2, 0.25) is 0 Å². The molecule has 0 aromatic heterocycles. The van der Waals surface area contributed by atoms with Gasteiger partial charge in [0, 0.05) is 17.0 Å². The van der Waals surface area contributed by atoms with E-state index < -0.39 is 0 Å². The summed E-state index contributed by atoms with van der Waals surface area (Å²) < 4.78 is 25.9. The Labute approximate surface area is 199 Å². The van der Waals surface area contributed by atoms with Crippen molar-refractivity contribution in [3.05, 3.63) is 41.2 Å². The maximum atomic E-state index is 5.77. The molecule has 0 N–H and O–H groups in total. The number of hydrogen-bond donors (Lipinski definition) is 0. The lowest BCUT2D eigenvalue weighted by molar-refractivity contribution is 0.376. The molecule has 154 valence electrons. The van der Waals surface area contributed by atoms with Crippen LogP contribution in [0.15, 0.2) is 30.0 Å². The maximum absolute atomic E-state index is 5.77. The van der Waals surface area contributed by atoms with Crippen molar-refractivity contribution in [3.63, 3.8) is 0 Å². The summed E-state index contributed by atoms with van der Waals surface area (Å²) in [4.78, 5) is 0. The average molecular weight is 646 g/mol. The fourth-order valence-corrected chi connectivity index (χ4v) is 5.35. The minimum absolute atomic E-state index is 0.0403. The van der Waals surface area contributed by atoms with Crippen molar-refractivity contribution in [2.45, 2.75) is 19.8 Å². The molecule has 0 spiro atoms. The SMILES string of the molecule is COc1cc(C(c2cc(OC)c(Br)c(Br)c2OC)C(C)C)c(OC)c(Br)c1Br. The van der Waals surface area contributed by atoms with Gasteiger partial charge in [-0.15, -0.1) is 0 Å². The lowest BCUT2D eigenvalue weighted by atomic mass is 9.81. The van der Waals surface area contributed by atoms with Gasteiger partial charge >= 0.3 is 0 Å². The van der Waals surface area contributed by atoms with Gasteiger partial charge in [0.1, 0.15) is 23.0 Å². The van der Waals surface area contributed by atoms with Crippen LogP contribution in [0.1, 0.15) is 30.9 Å². The van der Waals surface area contributed by atoms with Gasteiger partial charge in [-0.2, -0.15) is 0 Å². The van der Waals surface area contributed by atoms with E-state index in [9.17, 15) is 0 Å². The standard InChI is InChI=1S/C20H22Br4O4/c1-9(2)14(10-7-12(25-3)15(21)17(23)19(10)27-5)11-8-13(26-4)16(22)18(24)20(11)28-6/h7-9,14H,1-6H3. The normalized spacial score (nSPS) is 11.1. The van der Waals surface area contributed by atoms with Crippen LogP contribution >= 0.6 is 63.7 Å². The molecule has 4 nitrogen and oxygen atoms in total. The third kappa shape index (κ3) is 4.35. The zero-order valence-electron chi connectivity index (χ0n) is 16.5. The summed E-state index contributed by atoms with van der Waals surface area (Å²) in [6, 6.07) is 4.00. The molecule has 0 heterocycles. The second-order valence-corrected chi connectivity index (χ2v) is 9.55. The molecule has 2 aromatic carbocycles. The van der Waals surface area contributed by atoms with E-state index in [4.69, 9.17) is 18.9 Å². The Morgan fingerprint density at radius 1 is 0.607 bits per heavy atom. The zero-order chi connectivity index (χ0) is 21.2. The second kappa shape index (κ2) is 10.0. The summed E-state index contributed by atoms with van der Waals surface area (Å²) >= 11 is 14.4. The molecule has 8 heteroatoms. The molecule has 28 heavy (non-hydrogen) atoms. The van der Waals surface area contributed by atoms with Crippen molar-refractivity contribution in [1.29, 1.82) is 0 Å². The van der Waals surface area contributed by atoms with E-state index in [1.54, 1.807) is 28.4 Å². The van der Waals surface area contributed by atoms with E-state index in [1.807, 2.05) is 12.1 Å². The average Bonchev–Trinajstić information content (AvgIpc) is 2.67. The van der Waals surface area contributed by atoms with Crippen LogP contribution < -0.4 is 18.9 Å². The van der Waals surface area contributed by atoms with E-state index in [1.165, 1.54) is 0 Å². The van der Waals surface area contributed by atoms with E-state index in [0.29, 0.717) is 0 Å². The highest BCUT2D eigenvalue weighted by Gasteiger charge is 2.31. The van der Waals surface area contributed by atoms with Gasteiger partial charge in [-0.05, 0) is 81.8 Å². The zero-order valence-corrected chi connectivity index (χ0v) is 22.8. The fourth-order valence-electron chi connectivity index (χ4n) is 3.27. The Bertz CT molecular complexity index is 801. The highest BCUT2D eigenvalue weighted by molar-refractivity contribution is 9.13. The first-order valence-electron chi connectivity index (χ1n) is 8.43. The van der Waals surface area contributed by atoms with Gasteiger partial charge in [-0.3, -0.25) is 0 Å². The summed E-state index contributed by atoms with van der Waals surface area (Å²) in [5.41, 5.74) is 1.97. The van der Waals surface area contributed by atoms with Crippen molar-refractivity contribution in [3.8, 4) is 23.0 Å². The highest BCUT2D eigenvalue weighted by Crippen LogP contribution is 2.52. The Balaban J connectivity index is 2.89. The Morgan fingerprint density at radius 3 is 1.21 bits per heavy atom. The van der Waals surface area contributed by atoms with Crippen LogP contribution in [0.3, 0.4) is 0 Å². The van der Waals surface area contributed by atoms with Crippen LogP contribution in [0.4, 0.5) is 0 Å². The molecular formula is C20H22Br4O4. The number of rotatable bonds is 7. The van der Waals surface area contributed by atoms with Gasteiger partial charge in [0.25, 0.3) is 0 Å². The highest BCUT2D eigenvalue weighted by atomic mass is 79.9. The maximum Gasteiger partial charge on any atom is 0.138 e. The molecule has 0 aliphatic heterocycles. The lowest BCUT2D eigenvalue weighted by Gasteiger charge is -2.28. The summed E-state index contributed by atoms with van der Waals surface area (Å²) in [5, 5.41) is 0. The van der Waals surface area contributed by atoms with E-state index in [-0.39, 0.29) is 11.8 Å². The number of halogens is 4. The fraction of sp³-hybridized carbons (Fsp3) is 0.400. The van der Waals surface area contributed by atoms with E-state index >= 15 is 0 Å². The summed E-state index contributed by atoms with van der Waals surface area (Å²) in [6.45, 7) is 4.32. The minimum Gasteiger partial charge on any atom is -0.496 e. The number of methoxy groups -OCH3 is 4. The van der Waals surface area contributed by atoms with Crippen molar-refractivity contribution < 1.29 is 18.9 Å². The van der Waals surface area contributed by atoms with Gasteiger partial charge in [0.05, 0.1) is 46.3 Å². The molecule has 0 amide bonds. The van der Waals surface area contributed by atoms with E-state index in [0.717, 1.165) is 52.0 Å². The molecule has 0 unspecified atom stereocenters. The molecule has 2 aromatic rings. The smallest absolute Gasteiger partial charge is 0.138 e. The first-order chi connectivity index (χ1) is 13.2. The molecule has 0 saturated carbocycles. The van der Waals surface area contributed by atoms with Crippen LogP contribution in [0.25, 0.3) is 0 Å². The number of benzene rings is 2. The van der Waals surface area contributed by atoms with Crippen molar-refractivity contribution in [2.24, 2.45) is 5.92 Å². The van der Waals surface area contributed by atoms with Gasteiger partial charge in [0.15, 0.2) is 0 Å². The molecular weight excluding hydrogens is 624 g/mol. The van der Waals surface area contributed by atoms with Crippen molar-refractivity contribution in [2.75, 3.05) is 28.4 Å². The molecule has 2 rings (SSSR count). The molecule has 0 atom stereocenters. The predicted molar refractivity (Wildman–Crippen MR) is 127 cm³/mol. The Kier molecular flexibility index (Phi) is 8.55. The molecule has 0 aliphatic rings. The molecule has 0 saturated heterocycles. The molecule has 0 fully saturated rings. The monoisotopic (exact) mass is 642 g/mol. The minimum atomic E-state index is -0.0403. The number of hydrogen-bond acceptors (Lipinski definition) is 4. The van der Waals surface area contributed by atoms with Crippen molar-refractivity contribution in [1.82, 2.24) is 0 Å². The molecule has 0 radical (unpaired) electrons. The van der Waals surface area contributed by atoms with Gasteiger partial charge in [-0.25, -0.2) is 0 Å². The van der Waals surface area contributed by atoms with Crippen LogP contribution in [0.5, 0.6) is 23.0 Å². The molecule has 0 aliphatic carbocycles. The van der Waals surface area contributed by atoms with Gasteiger partial charge in [-0.1, -0.05) is 13.8 Å². The quantitative estimate of drug-likeness (QED) is 0.312. The van der Waals surface area contributed by atoms with Crippen LogP contribution in [0.2, 0.25) is 0 Å². The Morgan fingerprint density at radius 2 is 0.964 bits per heavy atom. The Hall–Kier alpha value is -0.440. The first kappa shape index (κ1) is 23.8. The first-order valence-corrected chi connectivity index (χ1v) is 11.6. The molecule has 0 bridgehead atoms. The summed E-state index contributed by atoms with van der Waals surface area (Å²) in [7, 11) is 6.62.